The summed E-state index contributed by atoms with van der Waals surface area (Å²) in [6, 6.07) is 0.105. The van der Waals surface area contributed by atoms with Crippen LogP contribution in [0, 0.1) is 5.92 Å². The molecule has 0 aromatic heterocycles. The average molecular weight is 493 g/mol. The van der Waals surface area contributed by atoms with E-state index in [2.05, 4.69) is 15.6 Å². The van der Waals surface area contributed by atoms with Gasteiger partial charge in [0.25, 0.3) is 0 Å². The van der Waals surface area contributed by atoms with Crippen LogP contribution in [0.25, 0.3) is 0 Å². The van der Waals surface area contributed by atoms with Crippen molar-refractivity contribution in [2.45, 2.75) is 39.4 Å². The number of halogens is 4. The van der Waals surface area contributed by atoms with E-state index in [0.29, 0.717) is 25.6 Å². The predicted molar refractivity (Wildman–Crippen MR) is 108 cm³/mol. The fourth-order valence-electron chi connectivity index (χ4n) is 2.67. The monoisotopic (exact) mass is 493 g/mol. The lowest BCUT2D eigenvalue weighted by Crippen LogP contribution is -2.45. The Kier molecular flexibility index (Phi) is 11.5. The maximum atomic E-state index is 12.3. The fourth-order valence-corrected chi connectivity index (χ4v) is 2.67. The third-order valence-electron chi connectivity index (χ3n) is 3.88. The Morgan fingerprint density at radius 3 is 2.58 bits per heavy atom. The molecule has 10 heteroatoms. The van der Waals surface area contributed by atoms with Crippen LogP contribution in [0.15, 0.2) is 4.99 Å². The first kappa shape index (κ1) is 25.2. The number of rotatable bonds is 7. The molecule has 1 atom stereocenters. The summed E-state index contributed by atoms with van der Waals surface area (Å²) in [7, 11) is 1.43. The van der Waals surface area contributed by atoms with Gasteiger partial charge in [0.2, 0.25) is 5.91 Å². The van der Waals surface area contributed by atoms with E-state index >= 15 is 0 Å². The van der Waals surface area contributed by atoms with Crippen LogP contribution in [0.3, 0.4) is 0 Å². The molecule has 26 heavy (non-hydrogen) atoms. The molecule has 1 rings (SSSR count). The number of nitrogens with one attached hydrogen (secondary N) is 2. The van der Waals surface area contributed by atoms with Crippen molar-refractivity contribution in [1.82, 2.24) is 20.4 Å². The first-order valence-corrected chi connectivity index (χ1v) is 8.71. The molecule has 1 unspecified atom stereocenters. The summed E-state index contributed by atoms with van der Waals surface area (Å²) < 4.78 is 36.9. The van der Waals surface area contributed by atoms with Gasteiger partial charge in [0.1, 0.15) is 0 Å². The number of alkyl halides is 3. The number of likely N-dealkylation sites (tertiary alicyclic amines) is 1. The number of guanidine groups is 1. The van der Waals surface area contributed by atoms with Gasteiger partial charge < -0.3 is 15.5 Å². The number of hydrogen-bond donors (Lipinski definition) is 2. The van der Waals surface area contributed by atoms with Gasteiger partial charge in [0.05, 0.1) is 13.1 Å². The van der Waals surface area contributed by atoms with Gasteiger partial charge in [0.15, 0.2) is 5.96 Å². The Hall–Kier alpha value is -0.780. The van der Waals surface area contributed by atoms with Crippen molar-refractivity contribution in [2.75, 3.05) is 46.3 Å². The second-order valence-corrected chi connectivity index (χ2v) is 6.68. The molecule has 0 saturated carbocycles. The summed E-state index contributed by atoms with van der Waals surface area (Å²) in [4.78, 5) is 19.4. The Labute approximate surface area is 171 Å². The van der Waals surface area contributed by atoms with E-state index in [1.54, 1.807) is 0 Å². The summed E-state index contributed by atoms with van der Waals surface area (Å²) in [5, 5.41) is 6.36. The zero-order valence-electron chi connectivity index (χ0n) is 15.9. The summed E-state index contributed by atoms with van der Waals surface area (Å²) in [5.41, 5.74) is 0. The number of likely N-dealkylation sites (N-methyl/N-ethyl adjacent to an activating group) is 1. The van der Waals surface area contributed by atoms with Crippen molar-refractivity contribution < 1.29 is 18.0 Å². The van der Waals surface area contributed by atoms with Gasteiger partial charge >= 0.3 is 6.18 Å². The second kappa shape index (κ2) is 11.8. The summed E-state index contributed by atoms with van der Waals surface area (Å²) >= 11 is 0. The molecule has 0 radical (unpaired) electrons. The largest absolute Gasteiger partial charge is 0.401 e. The maximum absolute atomic E-state index is 12.3. The number of nitrogens with zero attached hydrogens (tertiary/aromatic N) is 3. The topological polar surface area (TPSA) is 60.0 Å². The normalized spacial score (nSPS) is 18.3. The molecule has 0 aliphatic carbocycles. The van der Waals surface area contributed by atoms with Crippen molar-refractivity contribution in [2.24, 2.45) is 10.9 Å². The van der Waals surface area contributed by atoms with Crippen LogP contribution in [-0.2, 0) is 4.79 Å². The Morgan fingerprint density at radius 2 is 2.04 bits per heavy atom. The van der Waals surface area contributed by atoms with Crippen molar-refractivity contribution in [3.05, 3.63) is 0 Å². The highest BCUT2D eigenvalue weighted by molar-refractivity contribution is 14.0. The molecule has 0 bridgehead atoms. The molecule has 0 spiro atoms. The zero-order chi connectivity index (χ0) is 19.0. The third-order valence-corrected chi connectivity index (χ3v) is 3.88. The molecule has 1 aliphatic rings. The predicted octanol–water partition coefficient (Wildman–Crippen LogP) is 1.91. The molecule has 1 heterocycles. The molecule has 6 nitrogen and oxygen atoms in total. The minimum absolute atomic E-state index is 0. The molecular formula is C16H31F3IN5O. The van der Waals surface area contributed by atoms with Crippen molar-refractivity contribution >= 4 is 35.8 Å². The van der Waals surface area contributed by atoms with Crippen molar-refractivity contribution in [3.63, 3.8) is 0 Å². The summed E-state index contributed by atoms with van der Waals surface area (Å²) in [6.45, 7) is 7.22. The van der Waals surface area contributed by atoms with Gasteiger partial charge in [-0.15, -0.1) is 24.0 Å². The fraction of sp³-hybridized carbons (Fsp3) is 0.875. The van der Waals surface area contributed by atoms with Gasteiger partial charge in [0, 0.05) is 38.1 Å². The molecule has 1 aliphatic heterocycles. The molecule has 1 saturated heterocycles. The van der Waals surface area contributed by atoms with E-state index in [0.717, 1.165) is 6.42 Å². The number of amides is 1. The van der Waals surface area contributed by atoms with Crippen LogP contribution in [0.5, 0.6) is 0 Å². The molecular weight excluding hydrogens is 462 g/mol. The Balaban J connectivity index is 0.00000625. The van der Waals surface area contributed by atoms with Crippen LogP contribution >= 0.6 is 24.0 Å². The second-order valence-electron chi connectivity index (χ2n) is 6.68. The number of carbonyl (C=O) groups excluding carboxylic acids is 1. The highest BCUT2D eigenvalue weighted by atomic mass is 127. The summed E-state index contributed by atoms with van der Waals surface area (Å²) in [6.07, 6.45) is -3.37. The first-order valence-electron chi connectivity index (χ1n) is 8.71. The lowest BCUT2D eigenvalue weighted by Gasteiger charge is -2.21. The average Bonchev–Trinajstić information content (AvgIpc) is 2.93. The van der Waals surface area contributed by atoms with Crippen LogP contribution in [0.1, 0.15) is 27.2 Å². The molecule has 0 aromatic carbocycles. The van der Waals surface area contributed by atoms with E-state index < -0.39 is 12.7 Å². The maximum Gasteiger partial charge on any atom is 0.401 e. The van der Waals surface area contributed by atoms with Crippen LogP contribution < -0.4 is 10.6 Å². The van der Waals surface area contributed by atoms with Gasteiger partial charge in [-0.1, -0.05) is 13.8 Å². The molecule has 2 N–H and O–H groups in total. The number of aliphatic imine (C=N–C) groups is 1. The molecule has 154 valence electrons. The third kappa shape index (κ3) is 9.79. The molecule has 1 amide bonds. The van der Waals surface area contributed by atoms with Crippen molar-refractivity contribution in [1.29, 1.82) is 0 Å². The van der Waals surface area contributed by atoms with Gasteiger partial charge in [-0.3, -0.25) is 14.7 Å². The highest BCUT2D eigenvalue weighted by Gasteiger charge is 2.29. The van der Waals surface area contributed by atoms with E-state index in [1.165, 1.54) is 11.9 Å². The highest BCUT2D eigenvalue weighted by Crippen LogP contribution is 2.15. The Bertz CT molecular complexity index is 460. The smallest absolute Gasteiger partial charge is 0.357 e. The van der Waals surface area contributed by atoms with E-state index in [-0.39, 0.29) is 54.9 Å². The van der Waals surface area contributed by atoms with Crippen LogP contribution in [0.2, 0.25) is 0 Å². The lowest BCUT2D eigenvalue weighted by molar-refractivity contribution is -0.142. The Morgan fingerprint density at radius 1 is 1.38 bits per heavy atom. The first-order chi connectivity index (χ1) is 11.6. The van der Waals surface area contributed by atoms with E-state index in [4.69, 9.17) is 0 Å². The number of hydrogen-bond acceptors (Lipinski definition) is 3. The van der Waals surface area contributed by atoms with Gasteiger partial charge in [-0.25, -0.2) is 0 Å². The van der Waals surface area contributed by atoms with Gasteiger partial charge in [-0.2, -0.15) is 13.2 Å². The van der Waals surface area contributed by atoms with Crippen LogP contribution in [0.4, 0.5) is 13.2 Å². The quantitative estimate of drug-likeness (QED) is 0.323. The summed E-state index contributed by atoms with van der Waals surface area (Å²) in [5.74, 6) is 0.691. The molecule has 1 fully saturated rings. The SMILES string of the molecule is CCNC(=NCCN(C)CC(F)(F)F)NC1CCN(C(=O)C(C)C)C1.I. The number of carbonyl (C=O) groups is 1. The zero-order valence-corrected chi connectivity index (χ0v) is 18.2. The standard InChI is InChI=1S/C16H30F3N5O.HI/c1-5-20-15(21-7-9-23(4)11-16(17,18)19)22-13-6-8-24(10-13)14(25)12(2)3;/h12-13H,5-11H2,1-4H3,(H2,20,21,22);1H. The minimum atomic E-state index is -4.20. The van der Waals surface area contributed by atoms with E-state index in [9.17, 15) is 18.0 Å². The van der Waals surface area contributed by atoms with Crippen molar-refractivity contribution in [3.8, 4) is 0 Å². The lowest BCUT2D eigenvalue weighted by atomic mass is 10.2. The molecule has 0 aromatic rings. The van der Waals surface area contributed by atoms with Crippen LogP contribution in [-0.4, -0.2) is 80.2 Å². The van der Waals surface area contributed by atoms with Gasteiger partial charge in [-0.05, 0) is 20.4 Å². The minimum Gasteiger partial charge on any atom is -0.357 e. The van der Waals surface area contributed by atoms with E-state index in [1.807, 2.05) is 25.7 Å².